The molecule has 1 fully saturated rings. The maximum Gasteiger partial charge on any atom is 0.240 e. The van der Waals surface area contributed by atoms with E-state index in [1.807, 2.05) is 42.6 Å². The zero-order valence-corrected chi connectivity index (χ0v) is 17.5. The lowest BCUT2D eigenvalue weighted by Crippen LogP contribution is -2.28. The summed E-state index contributed by atoms with van der Waals surface area (Å²) in [5.74, 6) is -0.481. The number of H-pyrrole nitrogens is 1. The van der Waals surface area contributed by atoms with Crippen LogP contribution in [0.4, 0.5) is 5.69 Å². The van der Waals surface area contributed by atoms with E-state index < -0.39 is 5.25 Å². The van der Waals surface area contributed by atoms with Gasteiger partial charge < -0.3 is 15.6 Å². The van der Waals surface area contributed by atoms with Gasteiger partial charge in [-0.25, -0.2) is 0 Å². The van der Waals surface area contributed by atoms with Crippen molar-refractivity contribution in [2.45, 2.75) is 11.7 Å². The number of amides is 2. The van der Waals surface area contributed by atoms with Gasteiger partial charge in [-0.05, 0) is 30.3 Å². The number of para-hydroxylation sites is 1. The normalized spacial score (nSPS) is 17.9. The molecule has 1 unspecified atom stereocenters. The van der Waals surface area contributed by atoms with Gasteiger partial charge >= 0.3 is 0 Å². The highest BCUT2D eigenvalue weighted by molar-refractivity contribution is 9.10. The number of nitrogens with zero attached hydrogens (tertiary/aromatic N) is 2. The zero-order chi connectivity index (χ0) is 20.2. The van der Waals surface area contributed by atoms with Gasteiger partial charge in [-0.1, -0.05) is 45.9 Å². The van der Waals surface area contributed by atoms with Crippen molar-refractivity contribution in [3.63, 3.8) is 0 Å². The number of halogens is 1. The van der Waals surface area contributed by atoms with Crippen LogP contribution >= 0.6 is 27.7 Å². The number of benzene rings is 2. The first-order chi connectivity index (χ1) is 14.1. The molecule has 1 saturated heterocycles. The van der Waals surface area contributed by atoms with E-state index in [0.29, 0.717) is 10.9 Å². The number of amidine groups is 1. The molecule has 0 bridgehead atoms. The SMILES string of the molecule is O=C(CC1S/C(=N/N=C/c2c[nH]c3ccccc23)NC1=O)Nc1ccc(Br)cc1. The fourth-order valence-electron chi connectivity index (χ4n) is 2.84. The van der Waals surface area contributed by atoms with Crippen molar-refractivity contribution >= 4 is 67.5 Å². The number of aromatic nitrogens is 1. The number of thioether (sulfide) groups is 1. The number of fused-ring (bicyclic) bond motifs is 1. The average Bonchev–Trinajstić information content (AvgIpc) is 3.27. The summed E-state index contributed by atoms with van der Waals surface area (Å²) >= 11 is 4.55. The van der Waals surface area contributed by atoms with Gasteiger partial charge in [-0.15, -0.1) is 5.10 Å². The first-order valence-corrected chi connectivity index (χ1v) is 10.5. The quantitative estimate of drug-likeness (QED) is 0.390. The second kappa shape index (κ2) is 8.62. The Hall–Kier alpha value is -2.91. The monoisotopic (exact) mass is 469 g/mol. The molecule has 0 radical (unpaired) electrons. The summed E-state index contributed by atoms with van der Waals surface area (Å²) in [6, 6.07) is 15.1. The number of nitrogens with one attached hydrogen (secondary N) is 3. The Kier molecular flexibility index (Phi) is 5.77. The molecule has 146 valence electrons. The molecule has 2 amide bonds. The second-order valence-corrected chi connectivity index (χ2v) is 8.40. The Balaban J connectivity index is 1.35. The molecule has 1 aliphatic rings. The highest BCUT2D eigenvalue weighted by Crippen LogP contribution is 2.23. The number of hydrogen-bond donors (Lipinski definition) is 3. The third-order valence-electron chi connectivity index (χ3n) is 4.24. The maximum absolute atomic E-state index is 12.2. The summed E-state index contributed by atoms with van der Waals surface area (Å²) in [5, 5.41) is 14.5. The van der Waals surface area contributed by atoms with Crippen molar-refractivity contribution in [3.05, 3.63) is 64.8 Å². The minimum atomic E-state index is -0.535. The third-order valence-corrected chi connectivity index (χ3v) is 5.84. The smallest absolute Gasteiger partial charge is 0.240 e. The molecule has 2 heterocycles. The van der Waals surface area contributed by atoms with E-state index >= 15 is 0 Å². The Labute approximate surface area is 179 Å². The van der Waals surface area contributed by atoms with Gasteiger partial charge in [0.2, 0.25) is 11.8 Å². The summed E-state index contributed by atoms with van der Waals surface area (Å²) in [6.45, 7) is 0. The van der Waals surface area contributed by atoms with Crippen molar-refractivity contribution in [1.29, 1.82) is 0 Å². The van der Waals surface area contributed by atoms with Crippen LogP contribution in [-0.2, 0) is 9.59 Å². The van der Waals surface area contributed by atoms with Gasteiger partial charge in [0.1, 0.15) is 5.25 Å². The molecule has 0 saturated carbocycles. The largest absolute Gasteiger partial charge is 0.361 e. The molecule has 7 nitrogen and oxygen atoms in total. The van der Waals surface area contributed by atoms with Gasteiger partial charge in [-0.3, -0.25) is 9.59 Å². The Morgan fingerprint density at radius 3 is 2.83 bits per heavy atom. The zero-order valence-electron chi connectivity index (χ0n) is 15.1. The summed E-state index contributed by atoms with van der Waals surface area (Å²) in [4.78, 5) is 27.5. The fourth-order valence-corrected chi connectivity index (χ4v) is 4.03. The van der Waals surface area contributed by atoms with E-state index in [1.54, 1.807) is 18.3 Å². The van der Waals surface area contributed by atoms with E-state index in [2.05, 4.69) is 41.8 Å². The molecule has 0 aliphatic carbocycles. The summed E-state index contributed by atoms with van der Waals surface area (Å²) < 4.78 is 0.926. The third kappa shape index (κ3) is 4.75. The summed E-state index contributed by atoms with van der Waals surface area (Å²) in [7, 11) is 0. The van der Waals surface area contributed by atoms with Gasteiger partial charge in [0.05, 0.1) is 6.21 Å². The first-order valence-electron chi connectivity index (χ1n) is 8.78. The van der Waals surface area contributed by atoms with E-state index in [1.165, 1.54) is 11.8 Å². The van der Waals surface area contributed by atoms with Crippen LogP contribution in [0.3, 0.4) is 0 Å². The molecule has 1 aliphatic heterocycles. The van der Waals surface area contributed by atoms with Gasteiger partial charge in [0.25, 0.3) is 0 Å². The van der Waals surface area contributed by atoms with Crippen LogP contribution < -0.4 is 10.6 Å². The van der Waals surface area contributed by atoms with Crippen LogP contribution in [0.2, 0.25) is 0 Å². The van der Waals surface area contributed by atoms with Gasteiger partial charge in [0, 0.05) is 39.2 Å². The van der Waals surface area contributed by atoms with Crippen LogP contribution in [-0.4, -0.2) is 33.4 Å². The number of rotatable bonds is 5. The predicted molar refractivity (Wildman–Crippen MR) is 120 cm³/mol. The number of hydrogen-bond acceptors (Lipinski definition) is 5. The first kappa shape index (κ1) is 19.4. The van der Waals surface area contributed by atoms with E-state index in [0.717, 1.165) is 20.9 Å². The summed E-state index contributed by atoms with van der Waals surface area (Å²) in [6.07, 6.45) is 3.54. The van der Waals surface area contributed by atoms with Crippen LogP contribution in [0.5, 0.6) is 0 Å². The van der Waals surface area contributed by atoms with Crippen LogP contribution in [0.25, 0.3) is 10.9 Å². The Morgan fingerprint density at radius 2 is 2.00 bits per heavy atom. The summed E-state index contributed by atoms with van der Waals surface area (Å²) in [5.41, 5.74) is 2.60. The number of anilines is 1. The molecule has 1 atom stereocenters. The molecule has 9 heteroatoms. The number of aromatic amines is 1. The Morgan fingerprint density at radius 1 is 1.21 bits per heavy atom. The molecular formula is C20H16BrN5O2S. The standard InChI is InChI=1S/C20H16BrN5O2S/c21-13-5-7-14(8-6-13)24-18(27)9-17-19(28)25-20(29-17)26-23-11-12-10-22-16-4-2-1-3-15(12)16/h1-8,10-11,17,22H,9H2,(H,24,27)(H,25,26,28)/b23-11+. The van der Waals surface area contributed by atoms with Gasteiger partial charge in [-0.2, -0.15) is 5.10 Å². The van der Waals surface area contributed by atoms with E-state index in [9.17, 15) is 9.59 Å². The maximum atomic E-state index is 12.2. The highest BCUT2D eigenvalue weighted by atomic mass is 79.9. The van der Waals surface area contributed by atoms with Crippen LogP contribution in [0, 0.1) is 0 Å². The van der Waals surface area contributed by atoms with Crippen molar-refractivity contribution in [2.24, 2.45) is 10.2 Å². The Bertz CT molecular complexity index is 1120. The van der Waals surface area contributed by atoms with Crippen molar-refractivity contribution in [2.75, 3.05) is 5.32 Å². The highest BCUT2D eigenvalue weighted by Gasteiger charge is 2.32. The van der Waals surface area contributed by atoms with E-state index in [4.69, 9.17) is 0 Å². The molecular weight excluding hydrogens is 454 g/mol. The minimum absolute atomic E-state index is 0.0533. The fraction of sp³-hybridized carbons (Fsp3) is 0.100. The molecule has 2 aromatic carbocycles. The number of carbonyl (C=O) groups is 2. The predicted octanol–water partition coefficient (Wildman–Crippen LogP) is 3.88. The van der Waals surface area contributed by atoms with Crippen molar-refractivity contribution in [3.8, 4) is 0 Å². The molecule has 29 heavy (non-hydrogen) atoms. The van der Waals surface area contributed by atoms with Crippen LogP contribution in [0.15, 0.2) is 69.4 Å². The van der Waals surface area contributed by atoms with Crippen molar-refractivity contribution < 1.29 is 9.59 Å². The van der Waals surface area contributed by atoms with E-state index in [-0.39, 0.29) is 18.2 Å². The van der Waals surface area contributed by atoms with Gasteiger partial charge in [0.15, 0.2) is 5.17 Å². The lowest BCUT2D eigenvalue weighted by Gasteiger charge is -2.07. The second-order valence-electron chi connectivity index (χ2n) is 6.29. The van der Waals surface area contributed by atoms with Crippen molar-refractivity contribution in [1.82, 2.24) is 10.3 Å². The van der Waals surface area contributed by atoms with Crippen LogP contribution in [0.1, 0.15) is 12.0 Å². The molecule has 1 aromatic heterocycles. The number of carbonyl (C=O) groups excluding carboxylic acids is 2. The molecule has 3 N–H and O–H groups in total. The lowest BCUT2D eigenvalue weighted by atomic mass is 10.2. The topological polar surface area (TPSA) is 98.7 Å². The molecule has 3 aromatic rings. The molecule has 4 rings (SSSR count). The lowest BCUT2D eigenvalue weighted by molar-refractivity contribution is -0.122. The average molecular weight is 470 g/mol. The molecule has 0 spiro atoms. The minimum Gasteiger partial charge on any atom is -0.361 e.